The van der Waals surface area contributed by atoms with E-state index in [1.165, 1.54) is 5.57 Å². The number of ether oxygens (including phenoxy) is 1. The third-order valence-electron chi connectivity index (χ3n) is 15.2. The third-order valence-corrected chi connectivity index (χ3v) is 15.2. The minimum atomic E-state index is -1.17. The minimum Gasteiger partial charge on any atom is -0.481 e. The second-order valence-corrected chi connectivity index (χ2v) is 18.8. The Morgan fingerprint density at radius 1 is 1.00 bits per heavy atom. The van der Waals surface area contributed by atoms with Crippen molar-refractivity contribution < 1.29 is 29.0 Å². The predicted molar refractivity (Wildman–Crippen MR) is 194 cm³/mol. The van der Waals surface area contributed by atoms with Crippen molar-refractivity contribution in [2.45, 2.75) is 138 Å². The Hall–Kier alpha value is -2.68. The van der Waals surface area contributed by atoms with Gasteiger partial charge < -0.3 is 15.2 Å². The summed E-state index contributed by atoms with van der Waals surface area (Å²) >= 11 is 0. The van der Waals surface area contributed by atoms with Gasteiger partial charge in [-0.3, -0.25) is 23.9 Å². The van der Waals surface area contributed by atoms with E-state index >= 15 is 0 Å². The lowest BCUT2D eigenvalue weighted by Gasteiger charge is -2.72. The first-order valence-corrected chi connectivity index (χ1v) is 18.7. The molecule has 1 aromatic rings. The number of carbonyl (C=O) groups is 4. The highest BCUT2D eigenvalue weighted by Crippen LogP contribution is 2.76. The van der Waals surface area contributed by atoms with Gasteiger partial charge in [0.2, 0.25) is 0 Å². The van der Waals surface area contributed by atoms with Crippen molar-refractivity contribution in [3.63, 3.8) is 0 Å². The van der Waals surface area contributed by atoms with Crippen LogP contribution in [0.5, 0.6) is 0 Å². The van der Waals surface area contributed by atoms with Gasteiger partial charge in [-0.15, -0.1) is 12.4 Å². The minimum absolute atomic E-state index is 0. The molecule has 0 spiro atoms. The Morgan fingerprint density at radius 3 is 2.28 bits per heavy atom. The third kappa shape index (κ3) is 5.49. The standard InChI is InChI=1S/C40H59N3O6.ClH/c1-23(2)31-26(44)21-40(42-33(46)25-15-20-41-43(25)10)19-18-38(8)24(32(31)40)11-12-28-37(7)16-14-29(49-30(45)22-35(3,4)34(47)48)36(5,6)27(37)13-17-39(28,38)9;/h15,20,23-24,27-29H,11-14,16-19,21-22H2,1-10H3,(H,42,46)(H,47,48);1H/t24-,27+,28-,29+,37+,38-,39-,40-;/m1./s1. The lowest BCUT2D eigenvalue weighted by molar-refractivity contribution is -0.232. The fourth-order valence-electron chi connectivity index (χ4n) is 12.5. The number of aryl methyl sites for hydroxylation is 1. The molecule has 0 aromatic carbocycles. The first-order valence-electron chi connectivity index (χ1n) is 18.7. The van der Waals surface area contributed by atoms with Gasteiger partial charge >= 0.3 is 11.9 Å². The van der Waals surface area contributed by atoms with Gasteiger partial charge in [-0.2, -0.15) is 5.10 Å². The van der Waals surface area contributed by atoms with Crippen molar-refractivity contribution in [3.8, 4) is 0 Å². The molecule has 0 aliphatic heterocycles. The molecule has 1 amide bonds. The number of aromatic nitrogens is 2. The Labute approximate surface area is 304 Å². The molecular formula is C40H60ClN3O6. The summed E-state index contributed by atoms with van der Waals surface area (Å²) in [6, 6.07) is 1.74. The fraction of sp³-hybridized carbons (Fsp3) is 0.775. The van der Waals surface area contributed by atoms with E-state index in [4.69, 9.17) is 4.74 Å². The number of amides is 1. The molecule has 0 radical (unpaired) electrons. The molecule has 278 valence electrons. The number of nitrogens with one attached hydrogen (secondary N) is 1. The van der Waals surface area contributed by atoms with Gasteiger partial charge in [0.25, 0.3) is 5.91 Å². The highest BCUT2D eigenvalue weighted by atomic mass is 35.5. The summed E-state index contributed by atoms with van der Waals surface area (Å²) in [5, 5.41) is 17.2. The van der Waals surface area contributed by atoms with Crippen molar-refractivity contribution in [2.75, 3.05) is 0 Å². The Morgan fingerprint density at radius 2 is 1.68 bits per heavy atom. The van der Waals surface area contributed by atoms with Crippen LogP contribution in [0, 0.1) is 50.7 Å². The molecule has 4 saturated carbocycles. The van der Waals surface area contributed by atoms with Crippen LogP contribution in [0.2, 0.25) is 0 Å². The Balaban J connectivity index is 0.00000486. The van der Waals surface area contributed by atoms with Crippen molar-refractivity contribution >= 4 is 36.0 Å². The SMILES string of the molecule is CC(C)C1=C2[C@H]3CC[C@@H]4[C@@]5(C)CC[C@H](OC(=O)CC(C)(C)C(=O)O)C(C)(C)[C@@H]5CC[C@@]4(C)[C@]3(C)CC[C@@]2(NC(=O)c2ccnn2C)CC1=O.Cl. The number of rotatable bonds is 7. The summed E-state index contributed by atoms with van der Waals surface area (Å²) in [4.78, 5) is 52.4. The molecule has 4 fully saturated rings. The van der Waals surface area contributed by atoms with E-state index < -0.39 is 22.9 Å². The van der Waals surface area contributed by atoms with Crippen LogP contribution in [0.4, 0.5) is 0 Å². The van der Waals surface area contributed by atoms with Gasteiger partial charge in [0.1, 0.15) is 11.8 Å². The maximum absolute atomic E-state index is 13.9. The first-order chi connectivity index (χ1) is 22.6. The van der Waals surface area contributed by atoms with Crippen LogP contribution >= 0.6 is 12.4 Å². The predicted octanol–water partition coefficient (Wildman–Crippen LogP) is 7.72. The van der Waals surface area contributed by atoms with Crippen LogP contribution in [-0.4, -0.2) is 50.2 Å². The molecule has 0 unspecified atom stereocenters. The molecule has 10 heteroatoms. The number of fused-ring (bicyclic) bond motifs is 7. The second kappa shape index (κ2) is 12.5. The summed E-state index contributed by atoms with van der Waals surface area (Å²) in [6.07, 6.45) is 9.16. The maximum Gasteiger partial charge on any atom is 0.309 e. The number of hydrogen-bond acceptors (Lipinski definition) is 6. The van der Waals surface area contributed by atoms with Crippen molar-refractivity contribution in [1.29, 1.82) is 0 Å². The van der Waals surface area contributed by atoms with E-state index in [-0.39, 0.29) is 70.1 Å². The molecule has 0 saturated heterocycles. The van der Waals surface area contributed by atoms with E-state index in [9.17, 15) is 24.3 Å². The second-order valence-electron chi connectivity index (χ2n) is 18.8. The summed E-state index contributed by atoms with van der Waals surface area (Å²) < 4.78 is 7.74. The van der Waals surface area contributed by atoms with E-state index in [0.29, 0.717) is 24.0 Å². The lowest BCUT2D eigenvalue weighted by Crippen LogP contribution is -2.67. The zero-order valence-electron chi connectivity index (χ0n) is 31.9. The molecule has 8 atom stereocenters. The van der Waals surface area contributed by atoms with Crippen LogP contribution in [0.3, 0.4) is 0 Å². The van der Waals surface area contributed by atoms with E-state index in [1.807, 2.05) is 0 Å². The maximum atomic E-state index is 13.9. The largest absolute Gasteiger partial charge is 0.481 e. The number of aliphatic carboxylic acids is 1. The number of carboxylic acid groups (broad SMARTS) is 1. The van der Waals surface area contributed by atoms with E-state index in [1.54, 1.807) is 37.8 Å². The van der Waals surface area contributed by atoms with E-state index in [0.717, 1.165) is 56.9 Å². The fourth-order valence-corrected chi connectivity index (χ4v) is 12.5. The first kappa shape index (κ1) is 38.5. The van der Waals surface area contributed by atoms with Crippen LogP contribution in [0.25, 0.3) is 0 Å². The highest BCUT2D eigenvalue weighted by Gasteiger charge is 2.70. The topological polar surface area (TPSA) is 128 Å². The molecule has 5 aliphatic rings. The number of Topliss-reactive ketones (excluding diaryl/α,β-unsaturated/α-hetero) is 1. The number of hydrogen-bond donors (Lipinski definition) is 2. The molecule has 0 bridgehead atoms. The molecule has 5 aliphatic carbocycles. The monoisotopic (exact) mass is 713 g/mol. The molecule has 6 rings (SSSR count). The van der Waals surface area contributed by atoms with Crippen molar-refractivity contribution in [1.82, 2.24) is 15.1 Å². The number of carboxylic acids is 1. The zero-order valence-corrected chi connectivity index (χ0v) is 32.7. The van der Waals surface area contributed by atoms with Gasteiger partial charge in [0, 0.05) is 25.1 Å². The molecule has 50 heavy (non-hydrogen) atoms. The molecule has 1 heterocycles. The summed E-state index contributed by atoms with van der Waals surface area (Å²) in [6.45, 7) is 19.4. The summed E-state index contributed by atoms with van der Waals surface area (Å²) in [5.74, 6) is -0.286. The number of carbonyl (C=O) groups excluding carboxylic acids is 3. The smallest absolute Gasteiger partial charge is 0.309 e. The van der Waals surface area contributed by atoms with Gasteiger partial charge in [-0.1, -0.05) is 48.5 Å². The average molecular weight is 714 g/mol. The molecule has 9 nitrogen and oxygen atoms in total. The van der Waals surface area contributed by atoms with Gasteiger partial charge in [-0.05, 0) is 122 Å². The highest BCUT2D eigenvalue weighted by molar-refractivity contribution is 6.03. The van der Waals surface area contributed by atoms with Crippen LogP contribution in [0.1, 0.15) is 137 Å². The van der Waals surface area contributed by atoms with Gasteiger partial charge in [0.05, 0.1) is 17.4 Å². The Bertz CT molecular complexity index is 1610. The van der Waals surface area contributed by atoms with Gasteiger partial charge in [-0.25, -0.2) is 0 Å². The number of nitrogens with zero attached hydrogens (tertiary/aromatic N) is 2. The lowest BCUT2D eigenvalue weighted by atomic mass is 9.33. The zero-order chi connectivity index (χ0) is 36.1. The normalized spacial score (nSPS) is 37.5. The average Bonchev–Trinajstić information content (AvgIpc) is 3.54. The number of ketones is 1. The van der Waals surface area contributed by atoms with Crippen LogP contribution in [-0.2, 0) is 26.2 Å². The number of halogens is 1. The van der Waals surface area contributed by atoms with Crippen LogP contribution < -0.4 is 5.32 Å². The number of allylic oxidation sites excluding steroid dienone is 1. The molecule has 1 aromatic heterocycles. The summed E-state index contributed by atoms with van der Waals surface area (Å²) in [7, 11) is 1.78. The van der Waals surface area contributed by atoms with E-state index in [2.05, 4.69) is 58.9 Å². The van der Waals surface area contributed by atoms with Gasteiger partial charge in [0.15, 0.2) is 5.78 Å². The van der Waals surface area contributed by atoms with Crippen molar-refractivity contribution in [3.05, 3.63) is 29.1 Å². The molecular weight excluding hydrogens is 654 g/mol. The summed E-state index contributed by atoms with van der Waals surface area (Å²) in [5.41, 5.74) is 0.621. The van der Waals surface area contributed by atoms with Crippen molar-refractivity contribution in [2.24, 2.45) is 57.8 Å². The Kier molecular flexibility index (Phi) is 9.62. The molecule has 2 N–H and O–H groups in total. The van der Waals surface area contributed by atoms with Crippen LogP contribution in [0.15, 0.2) is 23.4 Å². The number of esters is 1. The quantitative estimate of drug-likeness (QED) is 0.277.